The zero-order valence-corrected chi connectivity index (χ0v) is 67.2. The Bertz CT molecular complexity index is 6060. The maximum atomic E-state index is 4.08. The topological polar surface area (TPSA) is 18.5 Å². The average Bonchev–Trinajstić information content (AvgIpc) is 1.56. The molecule has 0 atom stereocenters. The number of fused-ring (bicyclic) bond motifs is 9. The van der Waals surface area contributed by atoms with Gasteiger partial charge in [-0.15, -0.1) is 0 Å². The Morgan fingerprint density at radius 1 is 0.261 bits per heavy atom. The van der Waals surface area contributed by atoms with Gasteiger partial charge in [-0.05, 0) is 234 Å². The molecule has 2 aliphatic carbocycles. The minimum atomic E-state index is -0.468. The first kappa shape index (κ1) is 74.6. The molecule has 0 fully saturated rings. The molecule has 5 heteroatoms. The minimum absolute atomic E-state index is 0.177. The van der Waals surface area contributed by atoms with E-state index in [-0.39, 0.29) is 5.41 Å². The van der Waals surface area contributed by atoms with Crippen LogP contribution in [0.3, 0.4) is 0 Å². The van der Waals surface area contributed by atoms with Gasteiger partial charge in [0, 0.05) is 70.1 Å². The van der Waals surface area contributed by atoms with Crippen LogP contribution in [0.2, 0.25) is 0 Å². The largest absolute Gasteiger partial charge is 0.355 e. The minimum Gasteiger partial charge on any atom is -0.355 e. The summed E-state index contributed by atoms with van der Waals surface area (Å²) in [6.45, 7) is 16.0. The third kappa shape index (κ3) is 15.3. The summed E-state index contributed by atoms with van der Waals surface area (Å²) in [4.78, 5) is 4.88. The summed E-state index contributed by atoms with van der Waals surface area (Å²) in [6.07, 6.45) is 11.1. The van der Waals surface area contributed by atoms with Crippen molar-refractivity contribution in [3.8, 4) is 22.3 Å². The fourth-order valence-corrected chi connectivity index (χ4v) is 18.1. The highest BCUT2D eigenvalue weighted by Gasteiger charge is 2.46. The van der Waals surface area contributed by atoms with E-state index in [4.69, 9.17) is 0 Å². The quantitative estimate of drug-likeness (QED) is 0.0820. The van der Waals surface area contributed by atoms with Crippen molar-refractivity contribution in [2.45, 2.75) is 36.5 Å². The molecular formula is C110H85Br2N3. The Morgan fingerprint density at radius 3 is 0.922 bits per heavy atom. The summed E-state index contributed by atoms with van der Waals surface area (Å²) in [7, 11) is 0. The molecule has 0 saturated carbocycles. The van der Waals surface area contributed by atoms with Gasteiger partial charge in [-0.25, -0.2) is 0 Å². The normalized spacial score (nSPS) is 12.3. The molecule has 0 radical (unpaired) electrons. The first-order chi connectivity index (χ1) is 56.5. The molecule has 2 aliphatic rings. The second-order valence-corrected chi connectivity index (χ2v) is 31.7. The van der Waals surface area contributed by atoms with Crippen molar-refractivity contribution in [3.05, 3.63) is 490 Å². The van der Waals surface area contributed by atoms with E-state index in [1.807, 2.05) is 42.5 Å². The van der Waals surface area contributed by atoms with E-state index >= 15 is 0 Å². The number of hydrogen-bond donors (Lipinski definition) is 1. The fourth-order valence-electron chi connectivity index (χ4n) is 17.4. The first-order valence-electron chi connectivity index (χ1n) is 39.3. The number of hydrogen-bond acceptors (Lipinski definition) is 3. The number of para-hydroxylation sites is 3. The SMILES string of the molecule is C=Cc1ccc(CC2(Cc3ccc(C=C)cc3)c3cc(Br)ccc3-c3ccc(Br)cc32)cc1.C=Cc1ccc(CC2(Cc3ccc(C=C)cc3)c3cc(N(c4ccccc4)c4cccc5ccccc45)ccc3-c3ccc(N(c4ccccc4)c4cccc5ccccc45)cc32)cc1.c1ccc(Nc2cccc3ccccc23)cc1. The molecule has 0 bridgehead atoms. The van der Waals surface area contributed by atoms with E-state index in [0.29, 0.717) is 0 Å². The monoisotopic (exact) mass is 1610 g/mol. The van der Waals surface area contributed by atoms with Crippen molar-refractivity contribution >= 4 is 134 Å². The molecule has 0 unspecified atom stereocenters. The lowest BCUT2D eigenvalue weighted by Crippen LogP contribution is -2.31. The van der Waals surface area contributed by atoms with Crippen LogP contribution >= 0.6 is 31.9 Å². The molecule has 0 heterocycles. The van der Waals surface area contributed by atoms with Gasteiger partial charge in [0.2, 0.25) is 0 Å². The van der Waals surface area contributed by atoms with Gasteiger partial charge in [0.05, 0.1) is 11.4 Å². The molecular weight excluding hydrogens is 1520 g/mol. The molecule has 0 saturated heterocycles. The molecule has 554 valence electrons. The highest BCUT2D eigenvalue weighted by atomic mass is 79.9. The Hall–Kier alpha value is -13.2. The first-order valence-corrected chi connectivity index (χ1v) is 40.9. The number of nitrogens with one attached hydrogen (secondary N) is 1. The number of anilines is 8. The lowest BCUT2D eigenvalue weighted by Gasteiger charge is -2.35. The second-order valence-electron chi connectivity index (χ2n) is 29.8. The third-order valence-electron chi connectivity index (χ3n) is 22.9. The van der Waals surface area contributed by atoms with Gasteiger partial charge in [-0.2, -0.15) is 0 Å². The van der Waals surface area contributed by atoms with Gasteiger partial charge in [-0.1, -0.05) is 368 Å². The van der Waals surface area contributed by atoms with E-state index < -0.39 is 5.41 Å². The summed E-state index contributed by atoms with van der Waals surface area (Å²) < 4.78 is 2.23. The maximum absolute atomic E-state index is 4.08. The molecule has 17 aromatic carbocycles. The van der Waals surface area contributed by atoms with Gasteiger partial charge in [0.1, 0.15) is 0 Å². The third-order valence-corrected chi connectivity index (χ3v) is 23.9. The molecule has 1 N–H and O–H groups in total. The average molecular weight is 1610 g/mol. The highest BCUT2D eigenvalue weighted by Crippen LogP contribution is 2.58. The van der Waals surface area contributed by atoms with Crippen molar-refractivity contribution in [1.82, 2.24) is 0 Å². The van der Waals surface area contributed by atoms with Crippen LogP contribution in [0.5, 0.6) is 0 Å². The van der Waals surface area contributed by atoms with Gasteiger partial charge in [0.15, 0.2) is 0 Å². The van der Waals surface area contributed by atoms with Crippen LogP contribution in [-0.2, 0) is 36.5 Å². The number of rotatable bonds is 20. The summed E-state index contributed by atoms with van der Waals surface area (Å²) in [5, 5.41) is 10.8. The Balaban J connectivity index is 0.000000156. The van der Waals surface area contributed by atoms with Gasteiger partial charge in [-0.3, -0.25) is 0 Å². The molecule has 0 aliphatic heterocycles. The van der Waals surface area contributed by atoms with Crippen molar-refractivity contribution < 1.29 is 0 Å². The van der Waals surface area contributed by atoms with Crippen LogP contribution in [0.1, 0.15) is 66.8 Å². The molecule has 0 spiro atoms. The fraction of sp³-hybridized carbons (Fsp3) is 0.0545. The van der Waals surface area contributed by atoms with E-state index in [9.17, 15) is 0 Å². The van der Waals surface area contributed by atoms with Gasteiger partial charge >= 0.3 is 0 Å². The highest BCUT2D eigenvalue weighted by molar-refractivity contribution is 9.10. The maximum Gasteiger partial charge on any atom is 0.0540 e. The summed E-state index contributed by atoms with van der Waals surface area (Å²) in [5.41, 5.74) is 28.7. The van der Waals surface area contributed by atoms with Crippen molar-refractivity contribution in [3.63, 3.8) is 0 Å². The summed E-state index contributed by atoms with van der Waals surface area (Å²) >= 11 is 7.51. The van der Waals surface area contributed by atoms with Crippen LogP contribution in [0, 0.1) is 0 Å². The summed E-state index contributed by atoms with van der Waals surface area (Å²) in [6, 6.07) is 141. The zero-order chi connectivity index (χ0) is 78.2. The van der Waals surface area contributed by atoms with Gasteiger partial charge < -0.3 is 15.1 Å². The molecule has 0 aromatic heterocycles. The second kappa shape index (κ2) is 33.3. The van der Waals surface area contributed by atoms with Crippen LogP contribution in [0.25, 0.3) is 78.9 Å². The lowest BCUT2D eigenvalue weighted by molar-refractivity contribution is 0.519. The smallest absolute Gasteiger partial charge is 0.0540 e. The number of benzene rings is 17. The molecule has 19 rings (SSSR count). The lowest BCUT2D eigenvalue weighted by atomic mass is 9.69. The summed E-state index contributed by atoms with van der Waals surface area (Å²) in [5.74, 6) is 0. The van der Waals surface area contributed by atoms with Crippen molar-refractivity contribution in [2.75, 3.05) is 15.1 Å². The van der Waals surface area contributed by atoms with Crippen LogP contribution < -0.4 is 15.1 Å². The van der Waals surface area contributed by atoms with Crippen molar-refractivity contribution in [2.24, 2.45) is 0 Å². The van der Waals surface area contributed by atoms with E-state index in [1.54, 1.807) is 0 Å². The number of halogens is 2. The van der Waals surface area contributed by atoms with Crippen molar-refractivity contribution in [1.29, 1.82) is 0 Å². The Morgan fingerprint density at radius 2 is 0.557 bits per heavy atom. The molecule has 0 amide bonds. The zero-order valence-electron chi connectivity index (χ0n) is 64.1. The predicted octanol–water partition coefficient (Wildman–Crippen LogP) is 30.8. The van der Waals surface area contributed by atoms with E-state index in [0.717, 1.165) is 102 Å². The predicted molar refractivity (Wildman–Crippen MR) is 500 cm³/mol. The van der Waals surface area contributed by atoms with Crippen LogP contribution in [0.4, 0.5) is 45.5 Å². The standard InChI is InChI=1S/C63H48N2.C31H24Br2.C16H13N/c1-3-45-29-33-47(34-30-45)43-63(44-48-35-31-46(4-2)32-36-48)59-41-53(64(51-21-7-5-8-22-51)61-27-15-19-49-17-11-13-25-55(49)61)37-39-57(59)58-40-38-54(42-60(58)63)65(52-23-9-6-10-24-52)62-28-16-20-50-18-12-14-26-56(50)62;1-3-21-5-9-23(10-6-21)19-31(20-24-11-7-22(4-2)8-12-24)29-17-25(32)13-15-27(29)28-16-14-26(33)18-30(28)31;1-2-9-14(10-3-1)17-16-12-6-8-13-7-4-5-11-15(13)16/h3-42H,1-2,43-44H2;3-18H,1-2,19-20H2;1-12,17H. The van der Waals surface area contributed by atoms with E-state index in [1.165, 1.54) is 99.1 Å². The number of nitrogens with zero attached hydrogens (tertiary/aromatic N) is 2. The van der Waals surface area contributed by atoms with Crippen LogP contribution in [0.15, 0.2) is 424 Å². The van der Waals surface area contributed by atoms with Gasteiger partial charge in [0.25, 0.3) is 0 Å². The molecule has 17 aromatic rings. The van der Waals surface area contributed by atoms with E-state index in [2.05, 4.69) is 443 Å². The van der Waals surface area contributed by atoms with Crippen LogP contribution in [-0.4, -0.2) is 0 Å². The Kier molecular flexibility index (Phi) is 21.6. The molecule has 115 heavy (non-hydrogen) atoms. The Labute approximate surface area is 692 Å². The molecule has 3 nitrogen and oxygen atoms in total.